The molecule has 0 aromatic heterocycles. The standard InChI is InChI=1S/C28H36N2O3/c1-5-7-8-12-19-30-27(31)25(23-15-17-24(18-16-23)33-21(3)4)26(28(30)32)29(6-2)20-22-13-10-9-11-14-22/h9-11,13-18,21H,5-8,12,19-20H2,1-4H3. The van der Waals surface area contributed by atoms with Crippen LogP contribution < -0.4 is 4.74 Å². The molecular weight excluding hydrogens is 412 g/mol. The Morgan fingerprint density at radius 3 is 2.18 bits per heavy atom. The number of hydrogen-bond donors (Lipinski definition) is 0. The third-order valence-corrected chi connectivity index (χ3v) is 5.81. The lowest BCUT2D eigenvalue weighted by atomic mass is 10.0. The lowest BCUT2D eigenvalue weighted by molar-refractivity contribution is -0.137. The topological polar surface area (TPSA) is 49.9 Å². The summed E-state index contributed by atoms with van der Waals surface area (Å²) in [7, 11) is 0. The highest BCUT2D eigenvalue weighted by Crippen LogP contribution is 2.33. The van der Waals surface area contributed by atoms with Crippen molar-refractivity contribution in [2.24, 2.45) is 0 Å². The summed E-state index contributed by atoms with van der Waals surface area (Å²) in [6.07, 6.45) is 4.14. The van der Waals surface area contributed by atoms with E-state index in [0.717, 1.165) is 42.6 Å². The number of hydrogen-bond acceptors (Lipinski definition) is 4. The van der Waals surface area contributed by atoms with Gasteiger partial charge in [0.1, 0.15) is 11.4 Å². The monoisotopic (exact) mass is 448 g/mol. The van der Waals surface area contributed by atoms with E-state index in [4.69, 9.17) is 4.74 Å². The Kier molecular flexibility index (Phi) is 8.70. The van der Waals surface area contributed by atoms with Crippen molar-refractivity contribution in [3.63, 3.8) is 0 Å². The summed E-state index contributed by atoms with van der Waals surface area (Å²) in [6.45, 7) is 9.80. The Hall–Kier alpha value is -3.08. The van der Waals surface area contributed by atoms with Gasteiger partial charge in [0.2, 0.25) is 0 Å². The van der Waals surface area contributed by atoms with Gasteiger partial charge >= 0.3 is 0 Å². The fraction of sp³-hybridized carbons (Fsp3) is 0.429. The maximum atomic E-state index is 13.5. The molecule has 1 aliphatic heterocycles. The molecule has 2 aromatic carbocycles. The highest BCUT2D eigenvalue weighted by Gasteiger charge is 2.40. The predicted molar refractivity (Wildman–Crippen MR) is 133 cm³/mol. The van der Waals surface area contributed by atoms with E-state index in [1.54, 1.807) is 0 Å². The zero-order chi connectivity index (χ0) is 23.8. The summed E-state index contributed by atoms with van der Waals surface area (Å²) in [6, 6.07) is 17.6. The second-order valence-corrected chi connectivity index (χ2v) is 8.74. The first-order valence-electron chi connectivity index (χ1n) is 12.1. The van der Waals surface area contributed by atoms with E-state index in [0.29, 0.717) is 30.9 Å². The minimum atomic E-state index is -0.199. The van der Waals surface area contributed by atoms with Gasteiger partial charge in [0.05, 0.1) is 11.7 Å². The van der Waals surface area contributed by atoms with Crippen LogP contribution in [0.2, 0.25) is 0 Å². The minimum Gasteiger partial charge on any atom is -0.491 e. The van der Waals surface area contributed by atoms with Gasteiger partial charge < -0.3 is 9.64 Å². The number of rotatable bonds is 12. The molecule has 33 heavy (non-hydrogen) atoms. The summed E-state index contributed by atoms with van der Waals surface area (Å²) >= 11 is 0. The number of likely N-dealkylation sites (N-methyl/N-ethyl adjacent to an activating group) is 1. The quantitative estimate of drug-likeness (QED) is 0.311. The molecule has 0 unspecified atom stereocenters. The van der Waals surface area contributed by atoms with Crippen LogP contribution in [0.1, 0.15) is 64.5 Å². The number of carbonyl (C=O) groups is 2. The summed E-state index contributed by atoms with van der Waals surface area (Å²) in [4.78, 5) is 30.5. The minimum absolute atomic E-state index is 0.0698. The average molecular weight is 449 g/mol. The number of benzene rings is 2. The first-order chi connectivity index (χ1) is 16.0. The van der Waals surface area contributed by atoms with Crippen LogP contribution in [0.3, 0.4) is 0 Å². The van der Waals surface area contributed by atoms with Crippen molar-refractivity contribution in [2.45, 2.75) is 66.0 Å². The maximum Gasteiger partial charge on any atom is 0.277 e. The van der Waals surface area contributed by atoms with Gasteiger partial charge in [-0.3, -0.25) is 14.5 Å². The largest absolute Gasteiger partial charge is 0.491 e. The molecular formula is C28H36N2O3. The zero-order valence-electron chi connectivity index (χ0n) is 20.3. The van der Waals surface area contributed by atoms with Crippen LogP contribution in [0, 0.1) is 0 Å². The Morgan fingerprint density at radius 1 is 0.879 bits per heavy atom. The number of nitrogens with zero attached hydrogens (tertiary/aromatic N) is 2. The molecule has 1 heterocycles. The van der Waals surface area contributed by atoms with Crippen molar-refractivity contribution in [2.75, 3.05) is 13.1 Å². The predicted octanol–water partition coefficient (Wildman–Crippen LogP) is 5.66. The van der Waals surface area contributed by atoms with Crippen molar-refractivity contribution < 1.29 is 14.3 Å². The second-order valence-electron chi connectivity index (χ2n) is 8.74. The summed E-state index contributed by atoms with van der Waals surface area (Å²) in [5.41, 5.74) is 2.85. The normalized spacial score (nSPS) is 13.9. The molecule has 2 amide bonds. The second kappa shape index (κ2) is 11.7. The van der Waals surface area contributed by atoms with Crippen LogP contribution in [0.25, 0.3) is 5.57 Å². The first-order valence-corrected chi connectivity index (χ1v) is 12.1. The van der Waals surface area contributed by atoms with Crippen LogP contribution in [0.4, 0.5) is 0 Å². The van der Waals surface area contributed by atoms with Crippen molar-refractivity contribution in [1.82, 2.24) is 9.80 Å². The fourth-order valence-corrected chi connectivity index (χ4v) is 4.14. The Labute approximate surface area is 198 Å². The first kappa shape index (κ1) is 24.6. The van der Waals surface area contributed by atoms with Gasteiger partial charge in [0, 0.05) is 19.6 Å². The van der Waals surface area contributed by atoms with Crippen molar-refractivity contribution in [1.29, 1.82) is 0 Å². The van der Waals surface area contributed by atoms with E-state index >= 15 is 0 Å². The Morgan fingerprint density at radius 2 is 1.58 bits per heavy atom. The van der Waals surface area contributed by atoms with Crippen LogP contribution >= 0.6 is 0 Å². The number of unbranched alkanes of at least 4 members (excludes halogenated alkanes) is 3. The third-order valence-electron chi connectivity index (χ3n) is 5.81. The average Bonchev–Trinajstić information content (AvgIpc) is 3.05. The number of ether oxygens (including phenoxy) is 1. The van der Waals surface area contributed by atoms with Crippen molar-refractivity contribution in [3.8, 4) is 5.75 Å². The van der Waals surface area contributed by atoms with E-state index < -0.39 is 0 Å². The summed E-state index contributed by atoms with van der Waals surface area (Å²) in [5, 5.41) is 0. The fourth-order valence-electron chi connectivity index (χ4n) is 4.14. The molecule has 0 radical (unpaired) electrons. The van der Waals surface area contributed by atoms with Gasteiger partial charge in [0.15, 0.2) is 0 Å². The summed E-state index contributed by atoms with van der Waals surface area (Å²) < 4.78 is 5.76. The zero-order valence-corrected chi connectivity index (χ0v) is 20.3. The van der Waals surface area contributed by atoms with E-state index in [2.05, 4.69) is 6.92 Å². The Balaban J connectivity index is 1.96. The third kappa shape index (κ3) is 6.04. The van der Waals surface area contributed by atoms with Gasteiger partial charge in [-0.05, 0) is 50.5 Å². The van der Waals surface area contributed by atoms with Crippen LogP contribution in [-0.2, 0) is 16.1 Å². The number of imide groups is 1. The lowest BCUT2D eigenvalue weighted by Gasteiger charge is -2.25. The van der Waals surface area contributed by atoms with E-state index in [-0.39, 0.29) is 17.9 Å². The SMILES string of the molecule is CCCCCCN1C(=O)C(c2ccc(OC(C)C)cc2)=C(N(CC)Cc2ccccc2)C1=O. The van der Waals surface area contributed by atoms with E-state index in [1.807, 2.05) is 80.3 Å². The molecule has 0 spiro atoms. The molecule has 0 fully saturated rings. The molecule has 0 saturated heterocycles. The molecule has 1 aliphatic rings. The lowest BCUT2D eigenvalue weighted by Crippen LogP contribution is -2.35. The van der Waals surface area contributed by atoms with Crippen molar-refractivity contribution >= 4 is 17.4 Å². The number of carbonyl (C=O) groups excluding carboxylic acids is 2. The Bertz CT molecular complexity index is 964. The molecule has 0 aliphatic carbocycles. The maximum absolute atomic E-state index is 13.5. The van der Waals surface area contributed by atoms with E-state index in [9.17, 15) is 9.59 Å². The number of amides is 2. The molecule has 0 N–H and O–H groups in total. The van der Waals surface area contributed by atoms with Crippen LogP contribution in [0.5, 0.6) is 5.75 Å². The molecule has 5 nitrogen and oxygen atoms in total. The van der Waals surface area contributed by atoms with Crippen molar-refractivity contribution in [3.05, 3.63) is 71.4 Å². The highest BCUT2D eigenvalue weighted by atomic mass is 16.5. The molecule has 5 heteroatoms. The molecule has 0 atom stereocenters. The van der Waals surface area contributed by atoms with Crippen LogP contribution in [0.15, 0.2) is 60.3 Å². The smallest absolute Gasteiger partial charge is 0.277 e. The molecule has 2 aromatic rings. The molecule has 176 valence electrons. The van der Waals surface area contributed by atoms with Gasteiger partial charge in [-0.25, -0.2) is 0 Å². The molecule has 0 saturated carbocycles. The molecule has 3 rings (SSSR count). The van der Waals surface area contributed by atoms with Gasteiger partial charge in [0.25, 0.3) is 11.8 Å². The van der Waals surface area contributed by atoms with E-state index in [1.165, 1.54) is 4.90 Å². The van der Waals surface area contributed by atoms with Crippen LogP contribution in [-0.4, -0.2) is 40.8 Å². The van der Waals surface area contributed by atoms with Gasteiger partial charge in [-0.2, -0.15) is 0 Å². The highest BCUT2D eigenvalue weighted by molar-refractivity contribution is 6.35. The summed E-state index contributed by atoms with van der Waals surface area (Å²) in [5.74, 6) is 0.364. The molecule has 0 bridgehead atoms. The van der Waals surface area contributed by atoms with Gasteiger partial charge in [-0.15, -0.1) is 0 Å². The van der Waals surface area contributed by atoms with Gasteiger partial charge in [-0.1, -0.05) is 68.7 Å².